The van der Waals surface area contributed by atoms with Crippen LogP contribution in [0, 0.1) is 0 Å². The fourth-order valence-electron chi connectivity index (χ4n) is 3.86. The molecule has 1 aliphatic heterocycles. The molecule has 0 bridgehead atoms. The monoisotopic (exact) mass is 446 g/mol. The lowest BCUT2D eigenvalue weighted by Crippen LogP contribution is -2.49. The molecule has 1 saturated carbocycles. The number of aromatic nitrogens is 2. The number of rotatable bonds is 7. The van der Waals surface area contributed by atoms with E-state index in [4.69, 9.17) is 10.5 Å². The van der Waals surface area contributed by atoms with E-state index in [9.17, 15) is 8.42 Å². The van der Waals surface area contributed by atoms with Gasteiger partial charge in [-0.25, -0.2) is 8.42 Å². The summed E-state index contributed by atoms with van der Waals surface area (Å²) in [7, 11) is -3.19. The Kier molecular flexibility index (Phi) is 5.69. The van der Waals surface area contributed by atoms with Crippen LogP contribution < -0.4 is 5.73 Å². The van der Waals surface area contributed by atoms with Crippen LogP contribution in [0.3, 0.4) is 0 Å². The predicted molar refractivity (Wildman–Crippen MR) is 121 cm³/mol. The first kappa shape index (κ1) is 21.6. The summed E-state index contributed by atoms with van der Waals surface area (Å²) >= 11 is 0. The van der Waals surface area contributed by atoms with Crippen LogP contribution in [0.5, 0.6) is 0 Å². The van der Waals surface area contributed by atoms with Crippen LogP contribution >= 0.6 is 0 Å². The van der Waals surface area contributed by atoms with E-state index < -0.39 is 10.0 Å². The number of allylic oxidation sites excluding steroid dienone is 2. The number of H-pyrrole nitrogens is 1. The van der Waals surface area contributed by atoms with E-state index in [0.29, 0.717) is 43.4 Å². The highest BCUT2D eigenvalue weighted by atomic mass is 32.2. The molecule has 0 unspecified atom stereocenters. The number of aromatic amines is 1. The van der Waals surface area contributed by atoms with Crippen molar-refractivity contribution in [1.82, 2.24) is 19.4 Å². The van der Waals surface area contributed by atoms with Crippen LogP contribution in [-0.4, -0.2) is 71.6 Å². The van der Waals surface area contributed by atoms with Gasteiger partial charge < -0.3 is 15.4 Å². The average Bonchev–Trinajstić information content (AvgIpc) is 3.30. The summed E-state index contributed by atoms with van der Waals surface area (Å²) in [6.45, 7) is 7.71. The van der Waals surface area contributed by atoms with Gasteiger partial charge in [0.1, 0.15) is 17.1 Å². The van der Waals surface area contributed by atoms with Crippen molar-refractivity contribution in [2.75, 3.05) is 32.4 Å². The van der Waals surface area contributed by atoms with Crippen molar-refractivity contribution in [1.29, 1.82) is 0 Å². The molecule has 0 aromatic carbocycles. The van der Waals surface area contributed by atoms with Gasteiger partial charge in [-0.05, 0) is 32.3 Å². The smallest absolute Gasteiger partial charge is 0.211 e. The van der Waals surface area contributed by atoms with E-state index >= 15 is 0 Å². The van der Waals surface area contributed by atoms with Crippen LogP contribution in [0.4, 0.5) is 0 Å². The van der Waals surface area contributed by atoms with Gasteiger partial charge >= 0.3 is 0 Å². The van der Waals surface area contributed by atoms with Crippen molar-refractivity contribution >= 4 is 21.8 Å². The molecule has 2 fully saturated rings. The molecule has 2 heterocycles. The minimum Gasteiger partial charge on any atom is -0.492 e. The quantitative estimate of drug-likeness (QED) is 0.614. The highest BCUT2D eigenvalue weighted by molar-refractivity contribution is 7.88. The molecule has 0 amide bonds. The molecule has 3 N–H and O–H groups in total. The molecule has 10 heteroatoms. The second-order valence-corrected chi connectivity index (χ2v) is 10.5. The lowest BCUT2D eigenvalue weighted by molar-refractivity contribution is 0.105. The second-order valence-electron chi connectivity index (χ2n) is 8.54. The zero-order valence-corrected chi connectivity index (χ0v) is 18.9. The minimum atomic E-state index is -3.19. The van der Waals surface area contributed by atoms with Gasteiger partial charge in [-0.15, -0.1) is 0 Å². The Labute approximate surface area is 183 Å². The first-order valence-electron chi connectivity index (χ1n) is 10.5. The van der Waals surface area contributed by atoms with Gasteiger partial charge in [0.05, 0.1) is 17.7 Å². The summed E-state index contributed by atoms with van der Waals surface area (Å²) < 4.78 is 31.1. The number of nitrogens with one attached hydrogen (secondary N) is 1. The molecular weight excluding hydrogens is 416 g/mol. The van der Waals surface area contributed by atoms with Crippen LogP contribution in [0.25, 0.3) is 6.08 Å². The number of hydrogen-bond acceptors (Lipinski definition) is 7. The largest absolute Gasteiger partial charge is 0.492 e. The van der Waals surface area contributed by atoms with Gasteiger partial charge in [-0.1, -0.05) is 6.58 Å². The lowest BCUT2D eigenvalue weighted by Gasteiger charge is -2.34. The van der Waals surface area contributed by atoms with Crippen molar-refractivity contribution < 1.29 is 13.2 Å². The number of ether oxygens (including phenoxy) is 1. The maximum absolute atomic E-state index is 11.7. The molecule has 9 nitrogen and oxygen atoms in total. The van der Waals surface area contributed by atoms with Crippen LogP contribution in [0.15, 0.2) is 35.4 Å². The standard InChI is InChI=1S/C21H30N6O3S/c1-4-23-18(14-19(22)26-9-11-27(12-10-26)31(3,28)29)20-16-13-15(30-21(2)7-8-21)5-6-17(16)24-25-20/h4,13-14H,1,5-12,22H2,2-3H3,(H,24,25)/b19-14+,23-18+. The summed E-state index contributed by atoms with van der Waals surface area (Å²) in [5.41, 5.74) is 9.66. The molecule has 1 aromatic rings. The Morgan fingerprint density at radius 2 is 2.03 bits per heavy atom. The van der Waals surface area contributed by atoms with Crippen molar-refractivity contribution in [3.63, 3.8) is 0 Å². The van der Waals surface area contributed by atoms with Crippen molar-refractivity contribution in [3.05, 3.63) is 47.4 Å². The molecule has 3 aliphatic rings. The molecular formula is C21H30N6O3S. The van der Waals surface area contributed by atoms with Gasteiger partial charge in [0, 0.05) is 56.1 Å². The van der Waals surface area contributed by atoms with E-state index in [-0.39, 0.29) is 5.60 Å². The Morgan fingerprint density at radius 3 is 2.65 bits per heavy atom. The number of aliphatic imine (C=N–C) groups is 1. The van der Waals surface area contributed by atoms with Crippen molar-refractivity contribution in [2.24, 2.45) is 10.7 Å². The molecule has 0 spiro atoms. The maximum atomic E-state index is 11.7. The molecule has 1 aromatic heterocycles. The van der Waals surface area contributed by atoms with Crippen LogP contribution in [0.1, 0.15) is 43.1 Å². The Balaban J connectivity index is 1.55. The SMILES string of the molecule is C=C/N=C(\C=C(/N)N1CCN(S(C)(=O)=O)CC1)c1n[nH]c2c1C=C(OC1(C)CC1)CC2. The maximum Gasteiger partial charge on any atom is 0.211 e. The predicted octanol–water partition coefficient (Wildman–Crippen LogP) is 1.58. The first-order valence-corrected chi connectivity index (χ1v) is 12.4. The normalized spacial score (nSPS) is 22.0. The number of hydrogen-bond donors (Lipinski definition) is 2. The third kappa shape index (κ3) is 4.85. The number of fused-ring (bicyclic) bond motifs is 1. The van der Waals surface area contributed by atoms with E-state index in [1.165, 1.54) is 16.8 Å². The second kappa shape index (κ2) is 8.16. The third-order valence-corrected chi connectivity index (χ3v) is 7.27. The van der Waals surface area contributed by atoms with Gasteiger partial charge in [0.15, 0.2) is 0 Å². The molecule has 31 heavy (non-hydrogen) atoms. The van der Waals surface area contributed by atoms with E-state index in [1.807, 2.05) is 4.90 Å². The molecule has 2 aliphatic carbocycles. The van der Waals surface area contributed by atoms with E-state index in [2.05, 4.69) is 34.8 Å². The number of sulfonamides is 1. The number of nitrogens with two attached hydrogens (primary N) is 1. The highest BCUT2D eigenvalue weighted by Gasteiger charge is 2.41. The summed E-state index contributed by atoms with van der Waals surface area (Å²) in [4.78, 5) is 6.37. The molecule has 1 saturated heterocycles. The van der Waals surface area contributed by atoms with Gasteiger partial charge in [0.25, 0.3) is 0 Å². The number of nitrogens with zero attached hydrogens (tertiary/aromatic N) is 4. The van der Waals surface area contributed by atoms with E-state index in [1.54, 1.807) is 6.08 Å². The first-order chi connectivity index (χ1) is 14.7. The molecule has 168 valence electrons. The third-order valence-electron chi connectivity index (χ3n) is 5.97. The van der Waals surface area contributed by atoms with E-state index in [0.717, 1.165) is 42.7 Å². The Bertz CT molecular complexity index is 1060. The Hall–Kier alpha value is -2.59. The minimum absolute atomic E-state index is 0.0241. The summed E-state index contributed by atoms with van der Waals surface area (Å²) in [6.07, 6.45) is 10.4. The average molecular weight is 447 g/mol. The molecule has 0 radical (unpaired) electrons. The molecule has 0 atom stereocenters. The van der Waals surface area contributed by atoms with Crippen molar-refractivity contribution in [3.8, 4) is 0 Å². The molecule has 4 rings (SSSR count). The summed E-state index contributed by atoms with van der Waals surface area (Å²) in [5.74, 6) is 1.49. The van der Waals surface area contributed by atoms with Crippen LogP contribution in [0.2, 0.25) is 0 Å². The van der Waals surface area contributed by atoms with Crippen molar-refractivity contribution in [2.45, 2.75) is 38.2 Å². The van der Waals surface area contributed by atoms with Crippen LogP contribution in [-0.2, 0) is 21.2 Å². The number of aryl methyl sites for hydroxylation is 1. The fraction of sp³-hybridized carbons (Fsp3) is 0.524. The van der Waals surface area contributed by atoms with Gasteiger partial charge in [-0.2, -0.15) is 9.40 Å². The number of piperazine rings is 1. The zero-order valence-electron chi connectivity index (χ0n) is 18.1. The topological polar surface area (TPSA) is 117 Å². The van der Waals surface area contributed by atoms with Gasteiger partial charge in [0.2, 0.25) is 10.0 Å². The Morgan fingerprint density at radius 1 is 1.32 bits per heavy atom. The summed E-state index contributed by atoms with van der Waals surface area (Å²) in [5, 5.41) is 7.61. The lowest BCUT2D eigenvalue weighted by atomic mass is 9.99. The van der Waals surface area contributed by atoms with Gasteiger partial charge in [-0.3, -0.25) is 10.1 Å². The highest BCUT2D eigenvalue weighted by Crippen LogP contribution is 2.42. The fourth-order valence-corrected chi connectivity index (χ4v) is 4.69. The summed E-state index contributed by atoms with van der Waals surface area (Å²) in [6, 6.07) is 0. The zero-order chi connectivity index (χ0) is 22.2.